The van der Waals surface area contributed by atoms with Crippen molar-refractivity contribution >= 4 is 5.65 Å². The Morgan fingerprint density at radius 1 is 1.33 bits per heavy atom. The first-order valence-electron chi connectivity index (χ1n) is 5.93. The molecule has 4 heteroatoms. The zero-order chi connectivity index (χ0) is 12.3. The molecule has 0 unspecified atom stereocenters. The van der Waals surface area contributed by atoms with Crippen molar-refractivity contribution in [2.45, 2.75) is 13.3 Å². The number of aryl methyl sites for hydroxylation is 1. The molecule has 0 saturated heterocycles. The van der Waals surface area contributed by atoms with E-state index in [9.17, 15) is 4.79 Å². The van der Waals surface area contributed by atoms with E-state index in [-0.39, 0.29) is 5.56 Å². The van der Waals surface area contributed by atoms with Gasteiger partial charge in [0.2, 0.25) is 5.65 Å². The minimum absolute atomic E-state index is 0.126. The van der Waals surface area contributed by atoms with Crippen LogP contribution < -0.4 is 5.56 Å². The molecule has 4 nitrogen and oxygen atoms in total. The van der Waals surface area contributed by atoms with Crippen LogP contribution in [0.3, 0.4) is 0 Å². The first kappa shape index (κ1) is 9.65. The Bertz CT molecular complexity index is 842. The first-order chi connectivity index (χ1) is 8.75. The maximum atomic E-state index is 12.0. The smallest absolute Gasteiger partial charge is 0.292 e. The molecule has 4 rings (SSSR count). The SMILES string of the molecule is Cc1cnc2c(=O)[nH]c3c(n12)Cc1ccccc1-3. The number of aromatic amines is 1. The molecular formula is C14H11N3O. The highest BCUT2D eigenvalue weighted by Crippen LogP contribution is 2.34. The van der Waals surface area contributed by atoms with E-state index in [0.29, 0.717) is 5.65 Å². The fraction of sp³-hybridized carbons (Fsp3) is 0.143. The van der Waals surface area contributed by atoms with Gasteiger partial charge in [0.05, 0.1) is 11.4 Å². The number of aromatic nitrogens is 3. The Labute approximate surface area is 103 Å². The number of fused-ring (bicyclic) bond motifs is 5. The van der Waals surface area contributed by atoms with Gasteiger partial charge in [0.1, 0.15) is 0 Å². The number of rotatable bonds is 0. The van der Waals surface area contributed by atoms with Crippen molar-refractivity contribution in [3.05, 3.63) is 57.8 Å². The molecule has 0 aliphatic heterocycles. The number of hydrogen-bond donors (Lipinski definition) is 1. The van der Waals surface area contributed by atoms with Gasteiger partial charge in [-0.25, -0.2) is 4.98 Å². The number of benzene rings is 1. The molecule has 0 radical (unpaired) electrons. The van der Waals surface area contributed by atoms with Crippen LogP contribution in [0.25, 0.3) is 16.9 Å². The molecule has 1 aliphatic carbocycles. The van der Waals surface area contributed by atoms with E-state index in [1.54, 1.807) is 6.20 Å². The monoisotopic (exact) mass is 237 g/mol. The lowest BCUT2D eigenvalue weighted by atomic mass is 10.1. The normalized spacial score (nSPS) is 12.7. The summed E-state index contributed by atoms with van der Waals surface area (Å²) < 4.78 is 1.97. The second kappa shape index (κ2) is 3.10. The number of H-pyrrole nitrogens is 1. The van der Waals surface area contributed by atoms with Gasteiger partial charge in [-0.15, -0.1) is 0 Å². The standard InChI is InChI=1S/C14H11N3O/c1-8-7-15-13-14(18)16-12-10-5-3-2-4-9(10)6-11(12)17(8)13/h2-5,7H,6H2,1H3,(H,16,18). The van der Waals surface area contributed by atoms with Gasteiger partial charge in [-0.2, -0.15) is 0 Å². The van der Waals surface area contributed by atoms with E-state index >= 15 is 0 Å². The van der Waals surface area contributed by atoms with Crippen LogP contribution in [-0.2, 0) is 6.42 Å². The average molecular weight is 237 g/mol. The predicted octanol–water partition coefficient (Wildman–Crippen LogP) is 1.90. The van der Waals surface area contributed by atoms with Crippen LogP contribution in [0.1, 0.15) is 17.0 Å². The third-order valence-electron chi connectivity index (χ3n) is 3.58. The summed E-state index contributed by atoms with van der Waals surface area (Å²) in [5.74, 6) is 0. The number of nitrogens with one attached hydrogen (secondary N) is 1. The summed E-state index contributed by atoms with van der Waals surface area (Å²) in [7, 11) is 0. The molecule has 18 heavy (non-hydrogen) atoms. The Hall–Kier alpha value is -2.36. The minimum Gasteiger partial charge on any atom is -0.317 e. The van der Waals surface area contributed by atoms with Crippen LogP contribution in [0.4, 0.5) is 0 Å². The van der Waals surface area contributed by atoms with Crippen LogP contribution in [0.15, 0.2) is 35.3 Å². The number of imidazole rings is 1. The van der Waals surface area contributed by atoms with E-state index in [2.05, 4.69) is 22.1 Å². The Kier molecular flexibility index (Phi) is 1.66. The second-order valence-corrected chi connectivity index (χ2v) is 4.67. The highest BCUT2D eigenvalue weighted by Gasteiger charge is 2.23. The molecule has 0 bridgehead atoms. The summed E-state index contributed by atoms with van der Waals surface area (Å²) in [6.07, 6.45) is 2.59. The minimum atomic E-state index is -0.126. The predicted molar refractivity (Wildman–Crippen MR) is 68.8 cm³/mol. The molecule has 1 aromatic carbocycles. The third kappa shape index (κ3) is 1.05. The van der Waals surface area contributed by atoms with E-state index < -0.39 is 0 Å². The van der Waals surface area contributed by atoms with Crippen molar-refractivity contribution in [1.82, 2.24) is 14.4 Å². The van der Waals surface area contributed by atoms with Gasteiger partial charge < -0.3 is 4.98 Å². The summed E-state index contributed by atoms with van der Waals surface area (Å²) in [6.45, 7) is 1.97. The van der Waals surface area contributed by atoms with Crippen LogP contribution >= 0.6 is 0 Å². The zero-order valence-corrected chi connectivity index (χ0v) is 9.90. The van der Waals surface area contributed by atoms with Gasteiger partial charge in [0.25, 0.3) is 5.56 Å². The van der Waals surface area contributed by atoms with Crippen molar-refractivity contribution < 1.29 is 0 Å². The zero-order valence-electron chi connectivity index (χ0n) is 9.90. The van der Waals surface area contributed by atoms with Gasteiger partial charge in [-0.1, -0.05) is 24.3 Å². The van der Waals surface area contributed by atoms with Crippen molar-refractivity contribution in [2.75, 3.05) is 0 Å². The number of nitrogens with zero attached hydrogens (tertiary/aromatic N) is 2. The van der Waals surface area contributed by atoms with Gasteiger partial charge in [-0.05, 0) is 12.5 Å². The van der Waals surface area contributed by atoms with E-state index in [1.165, 1.54) is 5.56 Å². The molecule has 1 N–H and O–H groups in total. The first-order valence-corrected chi connectivity index (χ1v) is 5.93. The van der Waals surface area contributed by atoms with Crippen molar-refractivity contribution in [3.63, 3.8) is 0 Å². The lowest BCUT2D eigenvalue weighted by Crippen LogP contribution is -2.14. The van der Waals surface area contributed by atoms with Crippen molar-refractivity contribution in [2.24, 2.45) is 0 Å². The van der Waals surface area contributed by atoms with E-state index in [0.717, 1.165) is 29.1 Å². The summed E-state index contributed by atoms with van der Waals surface area (Å²) >= 11 is 0. The summed E-state index contributed by atoms with van der Waals surface area (Å²) in [4.78, 5) is 19.2. The van der Waals surface area contributed by atoms with E-state index in [4.69, 9.17) is 0 Å². The largest absolute Gasteiger partial charge is 0.317 e. The maximum absolute atomic E-state index is 12.0. The van der Waals surface area contributed by atoms with Gasteiger partial charge >= 0.3 is 0 Å². The van der Waals surface area contributed by atoms with Crippen LogP contribution in [-0.4, -0.2) is 14.4 Å². The molecule has 3 aromatic rings. The molecular weight excluding hydrogens is 226 g/mol. The summed E-state index contributed by atoms with van der Waals surface area (Å²) in [6, 6.07) is 8.18. The lowest BCUT2D eigenvalue weighted by molar-refractivity contribution is 0.970. The average Bonchev–Trinajstić information content (AvgIpc) is 2.92. The molecule has 1 aliphatic rings. The van der Waals surface area contributed by atoms with Crippen LogP contribution in [0.5, 0.6) is 0 Å². The fourth-order valence-electron chi connectivity index (χ4n) is 2.78. The van der Waals surface area contributed by atoms with Crippen LogP contribution in [0.2, 0.25) is 0 Å². The second-order valence-electron chi connectivity index (χ2n) is 4.67. The molecule has 0 spiro atoms. The highest BCUT2D eigenvalue weighted by atomic mass is 16.1. The maximum Gasteiger partial charge on any atom is 0.292 e. The quantitative estimate of drug-likeness (QED) is 0.508. The van der Waals surface area contributed by atoms with Gasteiger partial charge in [0.15, 0.2) is 0 Å². The van der Waals surface area contributed by atoms with Gasteiger partial charge in [-0.3, -0.25) is 9.20 Å². The fourth-order valence-corrected chi connectivity index (χ4v) is 2.78. The Morgan fingerprint density at radius 2 is 2.17 bits per heavy atom. The Morgan fingerprint density at radius 3 is 3.06 bits per heavy atom. The molecule has 2 aromatic heterocycles. The topological polar surface area (TPSA) is 50.2 Å². The lowest BCUT2D eigenvalue weighted by Gasteiger charge is -2.05. The third-order valence-corrected chi connectivity index (χ3v) is 3.58. The molecule has 88 valence electrons. The highest BCUT2D eigenvalue weighted by molar-refractivity contribution is 5.73. The van der Waals surface area contributed by atoms with Gasteiger partial charge in [0, 0.05) is 23.9 Å². The molecule has 2 heterocycles. The molecule has 0 fully saturated rings. The van der Waals surface area contributed by atoms with Crippen LogP contribution in [0, 0.1) is 6.92 Å². The summed E-state index contributed by atoms with van der Waals surface area (Å²) in [5, 5.41) is 0. The van der Waals surface area contributed by atoms with E-state index in [1.807, 2.05) is 23.5 Å². The van der Waals surface area contributed by atoms with Crippen molar-refractivity contribution in [1.29, 1.82) is 0 Å². The molecule has 0 amide bonds. The van der Waals surface area contributed by atoms with Crippen molar-refractivity contribution in [3.8, 4) is 11.3 Å². The number of hydrogen-bond acceptors (Lipinski definition) is 2. The molecule has 0 atom stereocenters. The Balaban J connectivity index is 2.20. The molecule has 0 saturated carbocycles. The summed E-state index contributed by atoms with van der Waals surface area (Å²) in [5.41, 5.74) is 5.80.